The van der Waals surface area contributed by atoms with Gasteiger partial charge in [0, 0.05) is 14.9 Å². The van der Waals surface area contributed by atoms with Gasteiger partial charge in [0.15, 0.2) is 0 Å². The monoisotopic (exact) mass is 406 g/mol. The third-order valence-corrected chi connectivity index (χ3v) is 5.40. The Balaban J connectivity index is 1.95. The molecule has 0 heterocycles. The highest BCUT2D eigenvalue weighted by molar-refractivity contribution is 9.10. The van der Waals surface area contributed by atoms with Gasteiger partial charge in [-0.1, -0.05) is 76.6 Å². The van der Waals surface area contributed by atoms with Gasteiger partial charge in [-0.3, -0.25) is 0 Å². The van der Waals surface area contributed by atoms with Crippen LogP contribution in [0.5, 0.6) is 0 Å². The summed E-state index contributed by atoms with van der Waals surface area (Å²) >= 11 is 7.27. The fraction of sp³-hybridized carbons (Fsp3) is 0.368. The van der Waals surface area contributed by atoms with Gasteiger partial charge < -0.3 is 0 Å². The molecule has 21 heavy (non-hydrogen) atoms. The zero-order valence-corrected chi connectivity index (χ0v) is 15.5. The Hall–Kier alpha value is -0.600. The fourth-order valence-corrected chi connectivity index (χ4v) is 4.15. The first-order valence-corrected chi connectivity index (χ1v) is 9.38. The summed E-state index contributed by atoms with van der Waals surface area (Å²) in [6, 6.07) is 13.5. The van der Waals surface area contributed by atoms with Gasteiger partial charge >= 0.3 is 0 Å². The lowest BCUT2D eigenvalue weighted by Crippen LogP contribution is -1.97. The Morgan fingerprint density at radius 2 is 1.38 bits per heavy atom. The van der Waals surface area contributed by atoms with Gasteiger partial charge in [-0.2, -0.15) is 0 Å². The maximum atomic E-state index is 3.64. The van der Waals surface area contributed by atoms with Crippen LogP contribution in [0.25, 0.3) is 11.1 Å². The van der Waals surface area contributed by atoms with Crippen molar-refractivity contribution in [1.29, 1.82) is 0 Å². The molecule has 0 spiro atoms. The molecule has 0 saturated carbocycles. The van der Waals surface area contributed by atoms with Gasteiger partial charge in [-0.05, 0) is 52.9 Å². The molecule has 0 nitrogen and oxygen atoms in total. The Bertz CT molecular complexity index is 595. The summed E-state index contributed by atoms with van der Waals surface area (Å²) in [5, 5.41) is 0. The number of benzene rings is 2. The van der Waals surface area contributed by atoms with Crippen molar-refractivity contribution in [3.05, 3.63) is 56.5 Å². The first kappa shape index (κ1) is 15.3. The molecular weight excluding hydrogens is 388 g/mol. The van der Waals surface area contributed by atoms with E-state index in [2.05, 4.69) is 75.2 Å². The van der Waals surface area contributed by atoms with E-state index in [9.17, 15) is 0 Å². The average Bonchev–Trinajstić information content (AvgIpc) is 2.76. The van der Waals surface area contributed by atoms with E-state index >= 15 is 0 Å². The van der Waals surface area contributed by atoms with Gasteiger partial charge in [0.1, 0.15) is 0 Å². The predicted octanol–water partition coefficient (Wildman–Crippen LogP) is 7.29. The summed E-state index contributed by atoms with van der Waals surface area (Å²) in [4.78, 5) is 0. The lowest BCUT2D eigenvalue weighted by molar-refractivity contribution is 0.601. The molecule has 0 N–H and O–H groups in total. The van der Waals surface area contributed by atoms with Gasteiger partial charge in [0.05, 0.1) is 0 Å². The number of fused-ring (bicyclic) bond motifs is 3. The van der Waals surface area contributed by atoms with E-state index in [0.29, 0.717) is 5.92 Å². The molecule has 2 aromatic carbocycles. The maximum Gasteiger partial charge on any atom is 0.0178 e. The first-order valence-electron chi connectivity index (χ1n) is 7.80. The molecule has 2 aromatic rings. The van der Waals surface area contributed by atoms with Crippen molar-refractivity contribution in [1.82, 2.24) is 0 Å². The molecule has 3 rings (SSSR count). The third kappa shape index (κ3) is 3.12. The average molecular weight is 408 g/mol. The highest BCUT2D eigenvalue weighted by Crippen LogP contribution is 2.48. The lowest BCUT2D eigenvalue weighted by atomic mass is 9.91. The number of halogens is 2. The van der Waals surface area contributed by atoms with Crippen LogP contribution in [0.2, 0.25) is 0 Å². The molecular formula is C19H20Br2. The highest BCUT2D eigenvalue weighted by atomic mass is 79.9. The SMILES string of the molecule is CCCCCCC1c2cc(Br)ccc2-c2ccc(Br)cc21. The summed E-state index contributed by atoms with van der Waals surface area (Å²) in [6.07, 6.45) is 6.57. The third-order valence-electron chi connectivity index (χ3n) is 4.41. The molecule has 0 atom stereocenters. The Morgan fingerprint density at radius 3 is 1.90 bits per heavy atom. The van der Waals surface area contributed by atoms with Crippen molar-refractivity contribution in [2.45, 2.75) is 44.9 Å². The second kappa shape index (κ2) is 6.66. The molecule has 0 radical (unpaired) electrons. The number of hydrogen-bond acceptors (Lipinski definition) is 0. The Morgan fingerprint density at radius 1 is 0.810 bits per heavy atom. The fourth-order valence-electron chi connectivity index (χ4n) is 3.39. The molecule has 0 fully saturated rings. The Kier molecular flexibility index (Phi) is 4.85. The van der Waals surface area contributed by atoms with Crippen LogP contribution in [-0.2, 0) is 0 Å². The molecule has 2 heteroatoms. The topological polar surface area (TPSA) is 0 Å². The molecule has 0 amide bonds. The summed E-state index contributed by atoms with van der Waals surface area (Å²) in [5.74, 6) is 0.557. The highest BCUT2D eigenvalue weighted by Gasteiger charge is 2.28. The predicted molar refractivity (Wildman–Crippen MR) is 97.9 cm³/mol. The van der Waals surface area contributed by atoms with Crippen LogP contribution in [0.15, 0.2) is 45.3 Å². The minimum absolute atomic E-state index is 0.557. The van der Waals surface area contributed by atoms with Gasteiger partial charge in [0.25, 0.3) is 0 Å². The molecule has 0 saturated heterocycles. The first-order chi connectivity index (χ1) is 10.2. The molecule has 0 aromatic heterocycles. The van der Waals surface area contributed by atoms with Gasteiger partial charge in [0.2, 0.25) is 0 Å². The second-order valence-corrected chi connectivity index (χ2v) is 7.70. The van der Waals surface area contributed by atoms with Crippen molar-refractivity contribution in [3.8, 4) is 11.1 Å². The summed E-state index contributed by atoms with van der Waals surface area (Å²) in [7, 11) is 0. The summed E-state index contributed by atoms with van der Waals surface area (Å²) in [6.45, 7) is 2.27. The second-order valence-electron chi connectivity index (χ2n) is 5.87. The number of hydrogen-bond donors (Lipinski definition) is 0. The molecule has 1 aliphatic rings. The largest absolute Gasteiger partial charge is 0.0654 e. The van der Waals surface area contributed by atoms with Crippen molar-refractivity contribution >= 4 is 31.9 Å². The van der Waals surface area contributed by atoms with E-state index in [0.717, 1.165) is 0 Å². The van der Waals surface area contributed by atoms with E-state index in [1.807, 2.05) is 0 Å². The molecule has 110 valence electrons. The van der Waals surface area contributed by atoms with Crippen molar-refractivity contribution in [3.63, 3.8) is 0 Å². The quantitative estimate of drug-likeness (QED) is 0.456. The lowest BCUT2D eigenvalue weighted by Gasteiger charge is -2.14. The van der Waals surface area contributed by atoms with Crippen LogP contribution in [-0.4, -0.2) is 0 Å². The van der Waals surface area contributed by atoms with Crippen molar-refractivity contribution < 1.29 is 0 Å². The van der Waals surface area contributed by atoms with Crippen molar-refractivity contribution in [2.75, 3.05) is 0 Å². The van der Waals surface area contributed by atoms with Crippen LogP contribution in [0.4, 0.5) is 0 Å². The van der Waals surface area contributed by atoms with Crippen LogP contribution >= 0.6 is 31.9 Å². The van der Waals surface area contributed by atoms with Crippen LogP contribution in [0, 0.1) is 0 Å². The minimum Gasteiger partial charge on any atom is -0.0654 e. The standard InChI is InChI=1S/C19H20Br2/c1-2-3-4-5-6-15-18-11-13(20)7-9-16(18)17-10-8-14(21)12-19(15)17/h7-12,15H,2-6H2,1H3. The van der Waals surface area contributed by atoms with E-state index in [-0.39, 0.29) is 0 Å². The molecule has 0 bridgehead atoms. The maximum absolute atomic E-state index is 3.64. The zero-order chi connectivity index (χ0) is 14.8. The number of unbranched alkanes of at least 4 members (excludes halogenated alkanes) is 3. The normalized spacial score (nSPS) is 13.3. The van der Waals surface area contributed by atoms with E-state index in [4.69, 9.17) is 0 Å². The van der Waals surface area contributed by atoms with Gasteiger partial charge in [-0.25, -0.2) is 0 Å². The van der Waals surface area contributed by atoms with Crippen LogP contribution in [0.3, 0.4) is 0 Å². The van der Waals surface area contributed by atoms with Crippen molar-refractivity contribution in [2.24, 2.45) is 0 Å². The molecule has 0 unspecified atom stereocenters. The Labute approximate surface area is 144 Å². The van der Waals surface area contributed by atoms with Gasteiger partial charge in [-0.15, -0.1) is 0 Å². The van der Waals surface area contributed by atoms with E-state index in [1.165, 1.54) is 63.3 Å². The summed E-state index contributed by atoms with van der Waals surface area (Å²) in [5.41, 5.74) is 5.82. The van der Waals surface area contributed by atoms with E-state index < -0.39 is 0 Å². The molecule has 0 aliphatic heterocycles. The van der Waals surface area contributed by atoms with Crippen LogP contribution in [0.1, 0.15) is 56.1 Å². The number of rotatable bonds is 5. The summed E-state index contributed by atoms with van der Waals surface area (Å²) < 4.78 is 2.37. The molecule has 1 aliphatic carbocycles. The van der Waals surface area contributed by atoms with E-state index in [1.54, 1.807) is 0 Å². The van der Waals surface area contributed by atoms with Crippen LogP contribution < -0.4 is 0 Å². The zero-order valence-electron chi connectivity index (χ0n) is 12.3. The smallest absolute Gasteiger partial charge is 0.0178 e. The minimum atomic E-state index is 0.557.